The van der Waals surface area contributed by atoms with Crippen molar-refractivity contribution in [1.29, 1.82) is 0 Å². The second-order valence-electron chi connectivity index (χ2n) is 2.80. The Kier molecular flexibility index (Phi) is 4.69. The fraction of sp³-hybridized carbons (Fsp3) is 1.00. The van der Waals surface area contributed by atoms with E-state index in [9.17, 15) is 8.42 Å². The zero-order valence-corrected chi connectivity index (χ0v) is 8.56. The normalized spacial score (nSPS) is 15.1. The lowest BCUT2D eigenvalue weighted by Gasteiger charge is -2.18. The van der Waals surface area contributed by atoms with Gasteiger partial charge in [-0.05, 0) is 6.42 Å². The van der Waals surface area contributed by atoms with Crippen LogP contribution >= 0.6 is 0 Å². The lowest BCUT2D eigenvalue weighted by Crippen LogP contribution is -2.44. The molecule has 0 saturated carbocycles. The number of nitrogens with zero attached hydrogens (tertiary/aromatic N) is 1. The molecule has 0 aromatic heterocycles. The van der Waals surface area contributed by atoms with E-state index in [1.54, 1.807) is 21.0 Å². The number of hydrogen-bond donors (Lipinski definition) is 2. The van der Waals surface area contributed by atoms with E-state index >= 15 is 0 Å². The quantitative estimate of drug-likeness (QED) is 0.559. The minimum atomic E-state index is -3.27. The van der Waals surface area contributed by atoms with Crippen molar-refractivity contribution in [1.82, 2.24) is 9.84 Å². The fourth-order valence-corrected chi connectivity index (χ4v) is 2.19. The molecule has 0 fully saturated rings. The topological polar surface area (TPSA) is 75.4 Å². The summed E-state index contributed by atoms with van der Waals surface area (Å²) < 4.78 is 22.7. The Bertz CT molecular complexity index is 209. The van der Waals surface area contributed by atoms with Crippen molar-refractivity contribution in [3.8, 4) is 0 Å². The van der Waals surface area contributed by atoms with E-state index in [4.69, 9.17) is 5.73 Å². The second-order valence-corrected chi connectivity index (χ2v) is 4.74. The molecule has 6 heteroatoms. The van der Waals surface area contributed by atoms with Crippen molar-refractivity contribution < 1.29 is 8.42 Å². The molecule has 0 rings (SSSR count). The van der Waals surface area contributed by atoms with Crippen LogP contribution in [0.1, 0.15) is 13.3 Å². The molecule has 0 aliphatic carbocycles. The van der Waals surface area contributed by atoms with Gasteiger partial charge in [-0.2, -0.15) is 0 Å². The highest BCUT2D eigenvalue weighted by molar-refractivity contribution is 7.90. The SMILES string of the molecule is CCC(CN)S(=O)(=O)NN(C)C. The van der Waals surface area contributed by atoms with Crippen LogP contribution in [0.3, 0.4) is 0 Å². The van der Waals surface area contributed by atoms with Gasteiger partial charge < -0.3 is 5.73 Å². The van der Waals surface area contributed by atoms with Gasteiger partial charge in [0.05, 0.1) is 5.25 Å². The second kappa shape index (κ2) is 4.76. The highest BCUT2D eigenvalue weighted by atomic mass is 32.2. The van der Waals surface area contributed by atoms with E-state index < -0.39 is 15.3 Å². The number of nitrogens with one attached hydrogen (secondary N) is 1. The lowest BCUT2D eigenvalue weighted by molar-refractivity contribution is 0.360. The first kappa shape index (κ1) is 11.8. The van der Waals surface area contributed by atoms with Crippen LogP contribution in [0.25, 0.3) is 0 Å². The van der Waals surface area contributed by atoms with E-state index in [2.05, 4.69) is 4.83 Å². The molecule has 0 saturated heterocycles. The third-order valence-corrected chi connectivity index (χ3v) is 3.49. The van der Waals surface area contributed by atoms with Crippen molar-refractivity contribution in [2.75, 3.05) is 20.6 Å². The van der Waals surface area contributed by atoms with Crippen molar-refractivity contribution in [3.05, 3.63) is 0 Å². The summed E-state index contributed by atoms with van der Waals surface area (Å²) in [5, 5.41) is 0.896. The number of hydrazine groups is 1. The fourth-order valence-electron chi connectivity index (χ4n) is 0.842. The van der Waals surface area contributed by atoms with Crippen LogP contribution in [0.5, 0.6) is 0 Å². The first-order valence-electron chi connectivity index (χ1n) is 3.82. The number of sulfonamides is 1. The Morgan fingerprint density at radius 1 is 1.50 bits per heavy atom. The van der Waals surface area contributed by atoms with Crippen molar-refractivity contribution in [2.45, 2.75) is 18.6 Å². The van der Waals surface area contributed by atoms with Crippen LogP contribution in [-0.2, 0) is 10.0 Å². The Morgan fingerprint density at radius 2 is 2.00 bits per heavy atom. The van der Waals surface area contributed by atoms with Crippen LogP contribution in [0.4, 0.5) is 0 Å². The van der Waals surface area contributed by atoms with Crippen LogP contribution < -0.4 is 10.6 Å². The first-order chi connectivity index (χ1) is 5.44. The zero-order valence-electron chi connectivity index (χ0n) is 7.74. The maximum Gasteiger partial charge on any atom is 0.228 e. The minimum Gasteiger partial charge on any atom is -0.329 e. The molecule has 0 bridgehead atoms. The Balaban J connectivity index is 4.38. The number of nitrogens with two attached hydrogens (primary N) is 1. The molecule has 5 nitrogen and oxygen atoms in total. The van der Waals surface area contributed by atoms with Crippen LogP contribution in [0.2, 0.25) is 0 Å². The van der Waals surface area contributed by atoms with Crippen LogP contribution in [0, 0.1) is 0 Å². The Morgan fingerprint density at radius 3 is 2.25 bits per heavy atom. The molecule has 0 aromatic carbocycles. The summed E-state index contributed by atoms with van der Waals surface area (Å²) in [6.45, 7) is 1.95. The van der Waals surface area contributed by atoms with Gasteiger partial charge in [0.2, 0.25) is 10.0 Å². The Labute approximate surface area is 73.9 Å². The summed E-state index contributed by atoms with van der Waals surface area (Å²) in [7, 11) is -0.0193. The van der Waals surface area contributed by atoms with Gasteiger partial charge in [-0.3, -0.25) is 0 Å². The lowest BCUT2D eigenvalue weighted by atomic mass is 10.3. The molecule has 0 aliphatic rings. The molecular weight excluding hydrogens is 178 g/mol. The molecule has 1 atom stereocenters. The number of rotatable bonds is 5. The summed E-state index contributed by atoms with van der Waals surface area (Å²) in [5.74, 6) is 0. The Hall–Kier alpha value is -0.170. The molecule has 0 radical (unpaired) electrons. The van der Waals surface area contributed by atoms with Gasteiger partial charge in [-0.15, -0.1) is 4.83 Å². The van der Waals surface area contributed by atoms with Gasteiger partial charge in [0.25, 0.3) is 0 Å². The third-order valence-electron chi connectivity index (χ3n) is 1.47. The van der Waals surface area contributed by atoms with E-state index in [1.165, 1.54) is 5.01 Å². The largest absolute Gasteiger partial charge is 0.329 e. The van der Waals surface area contributed by atoms with Crippen molar-refractivity contribution in [3.63, 3.8) is 0 Å². The molecule has 12 heavy (non-hydrogen) atoms. The highest BCUT2D eigenvalue weighted by Gasteiger charge is 2.22. The third kappa shape index (κ3) is 3.48. The molecule has 0 spiro atoms. The molecular formula is C6H17N3O2S. The summed E-state index contributed by atoms with van der Waals surface area (Å²) >= 11 is 0. The van der Waals surface area contributed by atoms with E-state index in [0.717, 1.165) is 0 Å². The molecule has 0 heterocycles. The standard InChI is InChI=1S/C6H17N3O2S/c1-4-6(5-7)12(10,11)8-9(2)3/h6,8H,4-5,7H2,1-3H3. The molecule has 0 amide bonds. The molecule has 3 N–H and O–H groups in total. The molecule has 74 valence electrons. The van der Waals surface area contributed by atoms with Crippen molar-refractivity contribution >= 4 is 10.0 Å². The maximum absolute atomic E-state index is 11.4. The first-order valence-corrected chi connectivity index (χ1v) is 5.37. The summed E-state index contributed by atoms with van der Waals surface area (Å²) in [6.07, 6.45) is 0.527. The molecule has 1 unspecified atom stereocenters. The summed E-state index contributed by atoms with van der Waals surface area (Å²) in [6, 6.07) is 0. The van der Waals surface area contributed by atoms with Crippen molar-refractivity contribution in [2.24, 2.45) is 5.73 Å². The molecule has 0 aliphatic heterocycles. The van der Waals surface area contributed by atoms with E-state index in [0.29, 0.717) is 6.42 Å². The maximum atomic E-state index is 11.4. The minimum absolute atomic E-state index is 0.152. The van der Waals surface area contributed by atoms with Crippen LogP contribution in [-0.4, -0.2) is 39.3 Å². The van der Waals surface area contributed by atoms with E-state index in [1.807, 2.05) is 0 Å². The average Bonchev–Trinajstić information content (AvgIpc) is 1.85. The van der Waals surface area contributed by atoms with Gasteiger partial charge in [0.1, 0.15) is 0 Å². The average molecular weight is 195 g/mol. The summed E-state index contributed by atoms with van der Waals surface area (Å²) in [4.78, 5) is 2.35. The molecule has 0 aromatic rings. The van der Waals surface area contributed by atoms with Crippen LogP contribution in [0.15, 0.2) is 0 Å². The predicted molar refractivity (Wildman–Crippen MR) is 48.9 cm³/mol. The van der Waals surface area contributed by atoms with Gasteiger partial charge in [-0.25, -0.2) is 13.4 Å². The van der Waals surface area contributed by atoms with Gasteiger partial charge in [-0.1, -0.05) is 6.92 Å². The van der Waals surface area contributed by atoms with E-state index in [-0.39, 0.29) is 6.54 Å². The predicted octanol–water partition coefficient (Wildman–Crippen LogP) is -0.880. The zero-order chi connectivity index (χ0) is 9.78. The number of hydrogen-bond acceptors (Lipinski definition) is 4. The summed E-state index contributed by atoms with van der Waals surface area (Å²) in [5.41, 5.74) is 5.31. The highest BCUT2D eigenvalue weighted by Crippen LogP contribution is 2.01. The smallest absolute Gasteiger partial charge is 0.228 e. The van der Waals surface area contributed by atoms with Gasteiger partial charge in [0, 0.05) is 20.6 Å². The van der Waals surface area contributed by atoms with Gasteiger partial charge in [0.15, 0.2) is 0 Å². The van der Waals surface area contributed by atoms with Gasteiger partial charge >= 0.3 is 0 Å². The monoisotopic (exact) mass is 195 g/mol.